The lowest BCUT2D eigenvalue weighted by atomic mass is 9.84. The lowest BCUT2D eigenvalue weighted by Gasteiger charge is -2.29. The van der Waals surface area contributed by atoms with E-state index in [2.05, 4.69) is 50.5 Å². The van der Waals surface area contributed by atoms with Crippen molar-refractivity contribution in [3.63, 3.8) is 0 Å². The molecule has 0 radical (unpaired) electrons. The second kappa shape index (κ2) is 8.09. The molecule has 1 atom stereocenters. The molecule has 1 N–H and O–H groups in total. The molecule has 0 bridgehead atoms. The quantitative estimate of drug-likeness (QED) is 0.734. The smallest absolute Gasteiger partial charge is 0.0186 e. The van der Waals surface area contributed by atoms with Crippen LogP contribution in [-0.2, 0) is 0 Å². The lowest BCUT2D eigenvalue weighted by Crippen LogP contribution is -2.36. The molecule has 20 heavy (non-hydrogen) atoms. The highest BCUT2D eigenvalue weighted by Crippen LogP contribution is 2.30. The highest BCUT2D eigenvalue weighted by molar-refractivity contribution is 7.99. The fourth-order valence-electron chi connectivity index (χ4n) is 3.13. The first-order chi connectivity index (χ1) is 9.70. The van der Waals surface area contributed by atoms with Crippen molar-refractivity contribution in [2.75, 3.05) is 12.8 Å². The van der Waals surface area contributed by atoms with Crippen molar-refractivity contribution >= 4 is 11.8 Å². The Morgan fingerprint density at radius 1 is 1.10 bits per heavy atom. The second-order valence-electron chi connectivity index (χ2n) is 6.33. The molecule has 1 aromatic rings. The minimum atomic E-state index is 0.626. The zero-order chi connectivity index (χ0) is 14.4. The highest BCUT2D eigenvalue weighted by Gasteiger charge is 2.22. The predicted molar refractivity (Wildman–Crippen MR) is 90.7 cm³/mol. The van der Waals surface area contributed by atoms with Crippen LogP contribution >= 0.6 is 11.8 Å². The van der Waals surface area contributed by atoms with E-state index in [9.17, 15) is 0 Å². The fourth-order valence-corrected chi connectivity index (χ4v) is 4.27. The minimum absolute atomic E-state index is 0.626. The van der Waals surface area contributed by atoms with Gasteiger partial charge >= 0.3 is 0 Å². The van der Waals surface area contributed by atoms with Crippen LogP contribution in [0.25, 0.3) is 0 Å². The summed E-state index contributed by atoms with van der Waals surface area (Å²) in [7, 11) is 2.13. The Morgan fingerprint density at radius 3 is 2.30 bits per heavy atom. The Hall–Kier alpha value is -0.470. The van der Waals surface area contributed by atoms with Gasteiger partial charge in [-0.3, -0.25) is 0 Å². The normalized spacial score (nSPS) is 18.4. The topological polar surface area (TPSA) is 12.0 Å². The number of rotatable bonds is 6. The van der Waals surface area contributed by atoms with Crippen molar-refractivity contribution in [2.24, 2.45) is 5.92 Å². The summed E-state index contributed by atoms with van der Waals surface area (Å²) in [5.74, 6) is 2.71. The summed E-state index contributed by atoms with van der Waals surface area (Å²) in [6.45, 7) is 4.50. The van der Waals surface area contributed by atoms with Crippen molar-refractivity contribution in [3.8, 4) is 0 Å². The second-order valence-corrected chi connectivity index (χ2v) is 7.42. The first-order valence-corrected chi connectivity index (χ1v) is 9.09. The van der Waals surface area contributed by atoms with Gasteiger partial charge < -0.3 is 5.32 Å². The van der Waals surface area contributed by atoms with Gasteiger partial charge in [0.2, 0.25) is 0 Å². The molecule has 0 amide bonds. The molecule has 0 aliphatic heterocycles. The third kappa shape index (κ3) is 4.53. The zero-order valence-electron chi connectivity index (χ0n) is 13.2. The van der Waals surface area contributed by atoms with Crippen molar-refractivity contribution in [2.45, 2.75) is 62.8 Å². The van der Waals surface area contributed by atoms with E-state index in [1.165, 1.54) is 48.3 Å². The van der Waals surface area contributed by atoms with Crippen LogP contribution in [0.15, 0.2) is 29.2 Å². The van der Waals surface area contributed by atoms with E-state index >= 15 is 0 Å². The number of nitrogens with one attached hydrogen (secondary N) is 1. The molecule has 1 aromatic carbocycles. The van der Waals surface area contributed by atoms with Gasteiger partial charge in [0.15, 0.2) is 0 Å². The molecule has 0 heterocycles. The molecular formula is C18H29NS. The average Bonchev–Trinajstić information content (AvgIpc) is 2.49. The van der Waals surface area contributed by atoms with Gasteiger partial charge in [0, 0.05) is 16.7 Å². The van der Waals surface area contributed by atoms with Gasteiger partial charge in [-0.15, -0.1) is 11.8 Å². The van der Waals surface area contributed by atoms with E-state index in [4.69, 9.17) is 0 Å². The molecule has 2 rings (SSSR count). The number of hydrogen-bond donors (Lipinski definition) is 1. The lowest BCUT2D eigenvalue weighted by molar-refractivity contribution is 0.294. The standard InChI is InChI=1S/C18H29NS/c1-14(2)15-9-11-17(12-10-15)20-13-18(19-3)16-7-5-4-6-8-16/h9-12,14,16,18-19H,4-8,13H2,1-3H3. The van der Waals surface area contributed by atoms with Gasteiger partial charge in [0.1, 0.15) is 0 Å². The Labute approximate surface area is 128 Å². The molecule has 0 saturated heterocycles. The molecule has 1 unspecified atom stereocenters. The molecule has 1 aliphatic carbocycles. The maximum absolute atomic E-state index is 3.55. The van der Waals surface area contributed by atoms with Crippen LogP contribution in [0.5, 0.6) is 0 Å². The number of hydrogen-bond acceptors (Lipinski definition) is 2. The van der Waals surface area contributed by atoms with Crippen molar-refractivity contribution in [1.82, 2.24) is 5.32 Å². The van der Waals surface area contributed by atoms with Crippen LogP contribution in [0.1, 0.15) is 57.4 Å². The van der Waals surface area contributed by atoms with Crippen LogP contribution < -0.4 is 5.32 Å². The Balaban J connectivity index is 1.85. The summed E-state index contributed by atoms with van der Waals surface area (Å²) >= 11 is 2.00. The first-order valence-electron chi connectivity index (χ1n) is 8.10. The van der Waals surface area contributed by atoms with Crippen molar-refractivity contribution in [3.05, 3.63) is 29.8 Å². The van der Waals surface area contributed by atoms with Gasteiger partial charge in [-0.1, -0.05) is 45.2 Å². The molecule has 0 aromatic heterocycles. The largest absolute Gasteiger partial charge is 0.316 e. The third-order valence-electron chi connectivity index (χ3n) is 4.57. The number of thioether (sulfide) groups is 1. The monoisotopic (exact) mass is 291 g/mol. The van der Waals surface area contributed by atoms with Gasteiger partial charge in [-0.2, -0.15) is 0 Å². The SMILES string of the molecule is CNC(CSc1ccc(C(C)C)cc1)C1CCCCC1. The van der Waals surface area contributed by atoms with Gasteiger partial charge in [-0.05, 0) is 49.4 Å². The highest BCUT2D eigenvalue weighted by atomic mass is 32.2. The van der Waals surface area contributed by atoms with E-state index in [1.54, 1.807) is 0 Å². The summed E-state index contributed by atoms with van der Waals surface area (Å²) in [6, 6.07) is 9.80. The Morgan fingerprint density at radius 2 is 1.75 bits per heavy atom. The fraction of sp³-hybridized carbons (Fsp3) is 0.667. The molecular weight excluding hydrogens is 262 g/mol. The van der Waals surface area contributed by atoms with Crippen molar-refractivity contribution < 1.29 is 0 Å². The summed E-state index contributed by atoms with van der Waals surface area (Å²) in [5, 5.41) is 3.55. The van der Waals surface area contributed by atoms with Crippen LogP contribution in [0, 0.1) is 5.92 Å². The zero-order valence-corrected chi connectivity index (χ0v) is 14.0. The maximum Gasteiger partial charge on any atom is 0.0186 e. The van der Waals surface area contributed by atoms with E-state index < -0.39 is 0 Å². The van der Waals surface area contributed by atoms with E-state index in [-0.39, 0.29) is 0 Å². The molecule has 1 aliphatic rings. The first kappa shape index (κ1) is 15.9. The van der Waals surface area contributed by atoms with Crippen LogP contribution in [0.4, 0.5) is 0 Å². The van der Waals surface area contributed by atoms with Crippen LogP contribution in [0.2, 0.25) is 0 Å². The molecule has 112 valence electrons. The third-order valence-corrected chi connectivity index (χ3v) is 5.70. The van der Waals surface area contributed by atoms with E-state index in [0.29, 0.717) is 12.0 Å². The summed E-state index contributed by atoms with van der Waals surface area (Å²) in [6.07, 6.45) is 7.13. The van der Waals surface area contributed by atoms with Crippen LogP contribution in [0.3, 0.4) is 0 Å². The Bertz CT molecular complexity index is 379. The van der Waals surface area contributed by atoms with Crippen LogP contribution in [-0.4, -0.2) is 18.8 Å². The Kier molecular flexibility index (Phi) is 6.44. The minimum Gasteiger partial charge on any atom is -0.316 e. The molecule has 1 nitrogen and oxygen atoms in total. The molecule has 0 spiro atoms. The van der Waals surface area contributed by atoms with E-state index in [1.807, 2.05) is 11.8 Å². The molecule has 1 fully saturated rings. The summed E-state index contributed by atoms with van der Waals surface area (Å²) in [4.78, 5) is 1.41. The van der Waals surface area contributed by atoms with Gasteiger partial charge in [-0.25, -0.2) is 0 Å². The number of benzene rings is 1. The summed E-state index contributed by atoms with van der Waals surface area (Å²) in [5.41, 5.74) is 1.44. The maximum atomic E-state index is 3.55. The molecule has 1 saturated carbocycles. The average molecular weight is 292 g/mol. The summed E-state index contributed by atoms with van der Waals surface area (Å²) < 4.78 is 0. The van der Waals surface area contributed by atoms with Gasteiger partial charge in [0.25, 0.3) is 0 Å². The molecule has 2 heteroatoms. The van der Waals surface area contributed by atoms with E-state index in [0.717, 1.165) is 5.92 Å². The van der Waals surface area contributed by atoms with Gasteiger partial charge in [0.05, 0.1) is 0 Å². The van der Waals surface area contributed by atoms with Crippen molar-refractivity contribution in [1.29, 1.82) is 0 Å². The predicted octanol–water partition coefficient (Wildman–Crippen LogP) is 5.07.